The Kier molecular flexibility index (Phi) is 10.4. The predicted octanol–water partition coefficient (Wildman–Crippen LogP) is 4.18. The van der Waals surface area contributed by atoms with Crippen molar-refractivity contribution in [1.82, 2.24) is 20.3 Å². The summed E-state index contributed by atoms with van der Waals surface area (Å²) < 4.78 is 40.2. The van der Waals surface area contributed by atoms with Gasteiger partial charge in [0.25, 0.3) is 5.91 Å². The second-order valence-electron chi connectivity index (χ2n) is 16.8. The van der Waals surface area contributed by atoms with Gasteiger partial charge in [0.15, 0.2) is 5.90 Å². The predicted molar refractivity (Wildman–Crippen MR) is 198 cm³/mol. The standard InChI is InChI=1S/C39H53N5O8S/c1-4-27-15-18-39(27,36(47)43-53(49,50)29-13-14-29)42-33(45)31-21-28-22-44(31)35(46)32(26-9-5-6-10-26)41-37(48)51-23-38(2,3)17-7-8-24-11-12-25-16-19-40-34(52-28)30(25)20-24/h4,11-12,16,19-20,25-32H,1,5-10,13-15,17-18,21-23H2,2-3H3,(H,41,48)(H,42,45)(H,43,47)/t25?,27-,28-,30?,31+,32+,39-/m1/s1. The van der Waals surface area contributed by atoms with Crippen molar-refractivity contribution in [3.63, 3.8) is 0 Å². The van der Waals surface area contributed by atoms with Gasteiger partial charge in [-0.2, -0.15) is 0 Å². The molecule has 0 spiro atoms. The number of carbonyl (C=O) groups is 4. The van der Waals surface area contributed by atoms with Crippen molar-refractivity contribution >= 4 is 39.7 Å². The zero-order chi connectivity index (χ0) is 37.5. The van der Waals surface area contributed by atoms with E-state index in [2.05, 4.69) is 59.0 Å². The van der Waals surface area contributed by atoms with Crippen LogP contribution in [-0.2, 0) is 33.9 Å². The number of cyclic esters (lactones) is 1. The van der Waals surface area contributed by atoms with Crippen LogP contribution >= 0.6 is 0 Å². The maximum absolute atomic E-state index is 14.7. The van der Waals surface area contributed by atoms with Crippen LogP contribution in [0.3, 0.4) is 0 Å². The summed E-state index contributed by atoms with van der Waals surface area (Å²) >= 11 is 0. The second kappa shape index (κ2) is 14.7. The molecule has 0 aromatic rings. The zero-order valence-electron chi connectivity index (χ0n) is 30.8. The van der Waals surface area contributed by atoms with Crippen molar-refractivity contribution in [3.05, 3.63) is 48.7 Å². The van der Waals surface area contributed by atoms with E-state index in [-0.39, 0.29) is 49.2 Å². The molecule has 3 N–H and O–H groups in total. The first-order valence-electron chi connectivity index (χ1n) is 19.3. The summed E-state index contributed by atoms with van der Waals surface area (Å²) in [6.07, 6.45) is 18.2. The molecule has 4 fully saturated rings. The number of hydrogen-bond acceptors (Lipinski definition) is 9. The number of alkyl carbamates (subject to hydrolysis) is 1. The average molecular weight is 752 g/mol. The van der Waals surface area contributed by atoms with Crippen LogP contribution in [0.15, 0.2) is 53.7 Å². The molecule has 4 aliphatic carbocycles. The molecule has 4 amide bonds. The molecule has 7 atom stereocenters. The third-order valence-electron chi connectivity index (χ3n) is 12.3. The number of amides is 4. The summed E-state index contributed by atoms with van der Waals surface area (Å²) in [6.45, 7) is 8.21. The third kappa shape index (κ3) is 7.84. The van der Waals surface area contributed by atoms with Crippen LogP contribution in [-0.4, -0.2) is 85.2 Å². The Labute approximate surface area is 312 Å². The second-order valence-corrected chi connectivity index (χ2v) is 18.7. The number of nitrogens with one attached hydrogen (secondary N) is 3. The molecule has 7 rings (SSSR count). The first-order chi connectivity index (χ1) is 25.3. The van der Waals surface area contributed by atoms with Gasteiger partial charge in [0.2, 0.25) is 21.8 Å². The highest BCUT2D eigenvalue weighted by atomic mass is 32.2. The first kappa shape index (κ1) is 37.4. The van der Waals surface area contributed by atoms with Gasteiger partial charge in [0.1, 0.15) is 23.7 Å². The largest absolute Gasteiger partial charge is 0.475 e. The van der Waals surface area contributed by atoms with E-state index in [9.17, 15) is 27.6 Å². The van der Waals surface area contributed by atoms with E-state index in [1.54, 1.807) is 12.3 Å². The van der Waals surface area contributed by atoms with Crippen LogP contribution in [0.5, 0.6) is 0 Å². The minimum absolute atomic E-state index is 0.0522. The molecular formula is C39H53N5O8S. The highest BCUT2D eigenvalue weighted by molar-refractivity contribution is 7.91. The van der Waals surface area contributed by atoms with Crippen molar-refractivity contribution in [2.75, 3.05) is 13.2 Å². The molecule has 53 heavy (non-hydrogen) atoms. The molecule has 3 saturated carbocycles. The number of hydrogen-bond donors (Lipinski definition) is 3. The van der Waals surface area contributed by atoms with Gasteiger partial charge in [-0.1, -0.05) is 62.6 Å². The molecule has 3 heterocycles. The Hall–Kier alpha value is -3.94. The van der Waals surface area contributed by atoms with E-state index in [1.165, 1.54) is 4.90 Å². The third-order valence-corrected chi connectivity index (χ3v) is 14.1. The Bertz CT molecular complexity index is 1740. The topological polar surface area (TPSA) is 173 Å². The monoisotopic (exact) mass is 751 g/mol. The van der Waals surface area contributed by atoms with Crippen molar-refractivity contribution in [3.8, 4) is 0 Å². The highest BCUT2D eigenvalue weighted by Crippen LogP contribution is 2.42. The van der Waals surface area contributed by atoms with Crippen LogP contribution in [0.2, 0.25) is 0 Å². The van der Waals surface area contributed by atoms with Crippen LogP contribution < -0.4 is 15.4 Å². The lowest BCUT2D eigenvalue weighted by Crippen LogP contribution is -2.70. The summed E-state index contributed by atoms with van der Waals surface area (Å²) in [5.41, 5.74) is -0.670. The summed E-state index contributed by atoms with van der Waals surface area (Å²) in [7, 11) is -3.89. The number of rotatable bonds is 7. The maximum Gasteiger partial charge on any atom is 0.407 e. The molecule has 288 valence electrons. The van der Waals surface area contributed by atoms with Crippen LogP contribution in [0.1, 0.15) is 90.9 Å². The van der Waals surface area contributed by atoms with E-state index in [1.807, 2.05) is 6.08 Å². The molecule has 0 aromatic carbocycles. The molecule has 7 aliphatic rings. The van der Waals surface area contributed by atoms with E-state index in [0.717, 1.165) is 50.5 Å². The van der Waals surface area contributed by atoms with Crippen LogP contribution in [0.25, 0.3) is 0 Å². The number of carbonyl (C=O) groups excluding carboxylic acids is 4. The van der Waals surface area contributed by atoms with Crippen LogP contribution in [0, 0.1) is 29.1 Å². The molecular weight excluding hydrogens is 699 g/mol. The number of ether oxygens (including phenoxy) is 2. The van der Waals surface area contributed by atoms with E-state index in [4.69, 9.17) is 9.47 Å². The molecule has 1 saturated heterocycles. The van der Waals surface area contributed by atoms with Gasteiger partial charge in [-0.15, -0.1) is 6.58 Å². The lowest BCUT2D eigenvalue weighted by atomic mass is 9.66. The van der Waals surface area contributed by atoms with E-state index in [0.29, 0.717) is 25.2 Å². The number of sulfonamides is 1. The number of nitrogens with zero attached hydrogens (tertiary/aromatic N) is 2. The highest BCUT2D eigenvalue weighted by Gasteiger charge is 2.56. The van der Waals surface area contributed by atoms with Gasteiger partial charge in [0, 0.05) is 24.5 Å². The van der Waals surface area contributed by atoms with E-state index >= 15 is 0 Å². The Morgan fingerprint density at radius 3 is 2.55 bits per heavy atom. The average Bonchev–Trinajstić information content (AvgIpc) is 3.69. The molecule has 13 nitrogen and oxygen atoms in total. The molecule has 0 aromatic heterocycles. The Morgan fingerprint density at radius 1 is 1.08 bits per heavy atom. The normalized spacial score (nSPS) is 34.6. The van der Waals surface area contributed by atoms with Crippen LogP contribution in [0.4, 0.5) is 4.79 Å². The van der Waals surface area contributed by atoms with Gasteiger partial charge in [-0.3, -0.25) is 19.1 Å². The SMILES string of the molecule is C=C[C@@H]1CC[C@]1(NC(=O)[C@@H]1C[C@@H]2CN1C(=O)[C@H](C1CCCC1)NC(=O)OCC(C)(C)CCCC1=CC3C(=NC=CC3C=C1)O2)C(=O)NS(=O)(=O)C1CC1. The summed E-state index contributed by atoms with van der Waals surface area (Å²) in [4.78, 5) is 62.4. The fraction of sp³-hybridized carbons (Fsp3) is 0.667. The van der Waals surface area contributed by atoms with Crippen molar-refractivity contribution in [1.29, 1.82) is 0 Å². The fourth-order valence-corrected chi connectivity index (χ4v) is 10.2. The smallest absolute Gasteiger partial charge is 0.407 e. The van der Waals surface area contributed by atoms with Gasteiger partial charge in [-0.25, -0.2) is 18.2 Å². The minimum atomic E-state index is -3.89. The molecule has 2 unspecified atom stereocenters. The van der Waals surface area contributed by atoms with E-state index < -0.39 is 68.7 Å². The zero-order valence-corrected chi connectivity index (χ0v) is 31.6. The summed E-state index contributed by atoms with van der Waals surface area (Å²) in [6, 6.07) is -2.00. The van der Waals surface area contributed by atoms with Crippen molar-refractivity contribution < 1.29 is 37.1 Å². The molecule has 3 aliphatic heterocycles. The first-order valence-corrected chi connectivity index (χ1v) is 20.9. The van der Waals surface area contributed by atoms with Gasteiger partial charge in [0.05, 0.1) is 24.3 Å². The number of allylic oxidation sites excluding steroid dienone is 4. The fourth-order valence-electron chi connectivity index (χ4n) is 8.82. The minimum Gasteiger partial charge on any atom is -0.475 e. The lowest BCUT2D eigenvalue weighted by Gasteiger charge is -2.47. The molecule has 14 heteroatoms. The Morgan fingerprint density at radius 2 is 1.85 bits per heavy atom. The molecule has 4 bridgehead atoms. The van der Waals surface area contributed by atoms with Gasteiger partial charge >= 0.3 is 6.09 Å². The molecule has 0 radical (unpaired) electrons. The number of fused-ring (bicyclic) bond motifs is 2. The number of aliphatic imine (C=N–C) groups is 1. The van der Waals surface area contributed by atoms with Gasteiger partial charge < -0.3 is 25.0 Å². The maximum atomic E-state index is 14.7. The van der Waals surface area contributed by atoms with Gasteiger partial charge in [-0.05, 0) is 69.1 Å². The summed E-state index contributed by atoms with van der Waals surface area (Å²) in [5, 5.41) is 5.17. The summed E-state index contributed by atoms with van der Waals surface area (Å²) in [5.74, 6) is -2.03. The van der Waals surface area contributed by atoms with Crippen molar-refractivity contribution in [2.45, 2.75) is 120 Å². The quantitative estimate of drug-likeness (QED) is 0.325. The Balaban J connectivity index is 1.20. The lowest BCUT2D eigenvalue weighted by molar-refractivity contribution is -0.145. The van der Waals surface area contributed by atoms with Crippen molar-refractivity contribution in [2.24, 2.45) is 34.1 Å².